The van der Waals surface area contributed by atoms with Gasteiger partial charge in [0.15, 0.2) is 0 Å². The van der Waals surface area contributed by atoms with Gasteiger partial charge in [-0.25, -0.2) is 0 Å². The van der Waals surface area contributed by atoms with Gasteiger partial charge in [-0.15, -0.1) is 0 Å². The van der Waals surface area contributed by atoms with E-state index in [1.165, 1.54) is 0 Å². The minimum atomic E-state index is 0.589. The third kappa shape index (κ3) is 1.75. The highest BCUT2D eigenvalue weighted by Crippen LogP contribution is 2.21. The van der Waals surface area contributed by atoms with Crippen molar-refractivity contribution in [2.45, 2.75) is 6.92 Å². The van der Waals surface area contributed by atoms with Crippen molar-refractivity contribution < 1.29 is 0 Å². The smallest absolute Gasteiger partial charge is 0.146 e. The van der Waals surface area contributed by atoms with Crippen LogP contribution in [-0.4, -0.2) is 9.78 Å². The molecule has 0 radical (unpaired) electrons. The Morgan fingerprint density at radius 3 is 2.62 bits per heavy atom. The number of aryl methyl sites for hydroxylation is 2. The average molecular weight is 212 g/mol. The molecule has 0 aliphatic carbocycles. The molecule has 0 unspecified atom stereocenters. The van der Waals surface area contributed by atoms with Crippen LogP contribution in [-0.2, 0) is 7.05 Å². The second-order valence-corrected chi connectivity index (χ2v) is 3.54. The van der Waals surface area contributed by atoms with E-state index in [1.807, 2.05) is 44.3 Å². The summed E-state index contributed by atoms with van der Waals surface area (Å²) in [5, 5.41) is 16.4. The molecule has 0 aliphatic heterocycles. The number of benzene rings is 1. The lowest BCUT2D eigenvalue weighted by atomic mass is 10.2. The molecule has 2 rings (SSSR count). The molecule has 0 aliphatic rings. The van der Waals surface area contributed by atoms with Gasteiger partial charge in [-0.3, -0.25) is 4.68 Å². The summed E-state index contributed by atoms with van der Waals surface area (Å²) in [6.45, 7) is 1.83. The van der Waals surface area contributed by atoms with Crippen LogP contribution in [0, 0.1) is 18.3 Å². The first-order chi connectivity index (χ1) is 7.72. The van der Waals surface area contributed by atoms with E-state index in [1.54, 1.807) is 4.68 Å². The lowest BCUT2D eigenvalue weighted by Crippen LogP contribution is -2.00. The first kappa shape index (κ1) is 10.2. The van der Waals surface area contributed by atoms with E-state index in [0.29, 0.717) is 5.56 Å². The van der Waals surface area contributed by atoms with Gasteiger partial charge in [-0.2, -0.15) is 10.4 Å². The van der Waals surface area contributed by atoms with Crippen LogP contribution in [0.15, 0.2) is 30.3 Å². The molecule has 0 bridgehead atoms. The van der Waals surface area contributed by atoms with Crippen molar-refractivity contribution in [3.05, 3.63) is 41.6 Å². The molecule has 2 aromatic rings. The Kier molecular flexibility index (Phi) is 2.61. The predicted octanol–water partition coefficient (Wildman–Crippen LogP) is 2.34. The van der Waals surface area contributed by atoms with Crippen molar-refractivity contribution in [1.29, 1.82) is 5.26 Å². The van der Waals surface area contributed by atoms with E-state index >= 15 is 0 Å². The summed E-state index contributed by atoms with van der Waals surface area (Å²) >= 11 is 0. The summed E-state index contributed by atoms with van der Waals surface area (Å²) in [5.41, 5.74) is 2.27. The molecule has 1 aromatic carbocycles. The third-order valence-electron chi connectivity index (χ3n) is 2.37. The van der Waals surface area contributed by atoms with Crippen LogP contribution < -0.4 is 5.32 Å². The average Bonchev–Trinajstić information content (AvgIpc) is 2.55. The molecular formula is C12H12N4. The summed E-state index contributed by atoms with van der Waals surface area (Å²) in [4.78, 5) is 0. The summed E-state index contributed by atoms with van der Waals surface area (Å²) in [5.74, 6) is 0.728. The van der Waals surface area contributed by atoms with Crippen molar-refractivity contribution in [2.24, 2.45) is 7.05 Å². The number of nitrogens with one attached hydrogen (secondary N) is 1. The minimum Gasteiger partial charge on any atom is -0.339 e. The molecule has 0 amide bonds. The zero-order valence-corrected chi connectivity index (χ0v) is 9.23. The van der Waals surface area contributed by atoms with Crippen molar-refractivity contribution in [1.82, 2.24) is 9.78 Å². The molecule has 1 aromatic heterocycles. The van der Waals surface area contributed by atoms with E-state index in [0.717, 1.165) is 17.2 Å². The lowest BCUT2D eigenvalue weighted by molar-refractivity contribution is 0.765. The molecule has 0 saturated heterocycles. The molecule has 1 heterocycles. The predicted molar refractivity (Wildman–Crippen MR) is 62.4 cm³/mol. The van der Waals surface area contributed by atoms with E-state index in [-0.39, 0.29) is 0 Å². The first-order valence-corrected chi connectivity index (χ1v) is 4.98. The maximum Gasteiger partial charge on any atom is 0.146 e. The number of hydrogen-bond acceptors (Lipinski definition) is 3. The normalized spacial score (nSPS) is 9.81. The molecule has 16 heavy (non-hydrogen) atoms. The van der Waals surface area contributed by atoms with Crippen LogP contribution in [0.3, 0.4) is 0 Å². The monoisotopic (exact) mass is 212 g/mol. The fourth-order valence-corrected chi connectivity index (χ4v) is 1.59. The summed E-state index contributed by atoms with van der Waals surface area (Å²) in [6.07, 6.45) is 0. The molecular weight excluding hydrogens is 200 g/mol. The topological polar surface area (TPSA) is 53.6 Å². The maximum atomic E-state index is 9.05. The number of nitriles is 1. The van der Waals surface area contributed by atoms with Gasteiger partial charge in [0.05, 0.1) is 5.69 Å². The van der Waals surface area contributed by atoms with Gasteiger partial charge in [0.2, 0.25) is 0 Å². The lowest BCUT2D eigenvalue weighted by Gasteiger charge is -2.06. The number of hydrogen-bond donors (Lipinski definition) is 1. The zero-order chi connectivity index (χ0) is 11.5. The van der Waals surface area contributed by atoms with E-state index < -0.39 is 0 Å². The van der Waals surface area contributed by atoms with Gasteiger partial charge in [0.1, 0.15) is 17.5 Å². The first-order valence-electron chi connectivity index (χ1n) is 4.98. The van der Waals surface area contributed by atoms with E-state index in [4.69, 9.17) is 5.26 Å². The number of anilines is 2. The molecule has 80 valence electrons. The Balaban J connectivity index is 2.39. The summed E-state index contributed by atoms with van der Waals surface area (Å²) < 4.78 is 1.68. The molecule has 0 fully saturated rings. The largest absolute Gasteiger partial charge is 0.339 e. The molecule has 1 N–H and O–H groups in total. The Hall–Kier alpha value is -2.28. The van der Waals surface area contributed by atoms with Crippen LogP contribution in [0.25, 0.3) is 0 Å². The standard InChI is InChI=1S/C12H12N4/c1-9-11(8-13)12(16(2)15-9)14-10-6-4-3-5-7-10/h3-7,14H,1-2H3. The number of aromatic nitrogens is 2. The highest BCUT2D eigenvalue weighted by Gasteiger charge is 2.12. The SMILES string of the molecule is Cc1nn(C)c(Nc2ccccc2)c1C#N. The van der Waals surface area contributed by atoms with E-state index in [2.05, 4.69) is 16.5 Å². The van der Waals surface area contributed by atoms with Crippen LogP contribution in [0.1, 0.15) is 11.3 Å². The fourth-order valence-electron chi connectivity index (χ4n) is 1.59. The Morgan fingerprint density at radius 1 is 1.31 bits per heavy atom. The van der Waals surface area contributed by atoms with Gasteiger partial charge >= 0.3 is 0 Å². The molecule has 4 heteroatoms. The van der Waals surface area contributed by atoms with Crippen molar-refractivity contribution in [3.63, 3.8) is 0 Å². The number of nitrogens with zero attached hydrogens (tertiary/aromatic N) is 3. The Bertz CT molecular complexity index is 534. The van der Waals surface area contributed by atoms with Crippen molar-refractivity contribution >= 4 is 11.5 Å². The zero-order valence-electron chi connectivity index (χ0n) is 9.23. The van der Waals surface area contributed by atoms with Crippen LogP contribution in [0.2, 0.25) is 0 Å². The van der Waals surface area contributed by atoms with Gasteiger partial charge in [-0.1, -0.05) is 18.2 Å². The molecule has 0 spiro atoms. The van der Waals surface area contributed by atoms with Crippen LogP contribution in [0.4, 0.5) is 11.5 Å². The van der Waals surface area contributed by atoms with Gasteiger partial charge in [-0.05, 0) is 19.1 Å². The highest BCUT2D eigenvalue weighted by molar-refractivity contribution is 5.64. The number of para-hydroxylation sites is 1. The van der Waals surface area contributed by atoms with Gasteiger partial charge < -0.3 is 5.32 Å². The van der Waals surface area contributed by atoms with Crippen LogP contribution >= 0.6 is 0 Å². The van der Waals surface area contributed by atoms with Crippen molar-refractivity contribution in [2.75, 3.05) is 5.32 Å². The Labute approximate surface area is 94.1 Å². The second kappa shape index (κ2) is 4.07. The second-order valence-electron chi connectivity index (χ2n) is 3.54. The van der Waals surface area contributed by atoms with Gasteiger partial charge in [0, 0.05) is 12.7 Å². The molecule has 4 nitrogen and oxygen atoms in total. The quantitative estimate of drug-likeness (QED) is 0.831. The third-order valence-corrected chi connectivity index (χ3v) is 2.37. The van der Waals surface area contributed by atoms with E-state index in [9.17, 15) is 0 Å². The van der Waals surface area contributed by atoms with Gasteiger partial charge in [0.25, 0.3) is 0 Å². The Morgan fingerprint density at radius 2 is 2.00 bits per heavy atom. The summed E-state index contributed by atoms with van der Waals surface area (Å²) in [7, 11) is 1.82. The molecule has 0 atom stereocenters. The van der Waals surface area contributed by atoms with Crippen LogP contribution in [0.5, 0.6) is 0 Å². The highest BCUT2D eigenvalue weighted by atomic mass is 15.3. The van der Waals surface area contributed by atoms with Crippen molar-refractivity contribution in [3.8, 4) is 6.07 Å². The summed E-state index contributed by atoms with van der Waals surface area (Å²) in [6, 6.07) is 11.9. The molecule has 0 saturated carbocycles. The minimum absolute atomic E-state index is 0.589. The number of rotatable bonds is 2. The fraction of sp³-hybridized carbons (Fsp3) is 0.167. The maximum absolute atomic E-state index is 9.05.